The lowest BCUT2D eigenvalue weighted by Gasteiger charge is -2.25. The maximum Gasteiger partial charge on any atom is 0.256 e. The third-order valence-corrected chi connectivity index (χ3v) is 6.36. The Bertz CT molecular complexity index is 776. The standard InChI is InChI=1S/C24H36BrN3.C2H5F2P/c1-5-9-21-10-7-8-11-22(21)17-26-19(4)28-24(23(25)6-2)27-16-20-14-12-18(3)13-15-20;1-2(3,4)5/h6-8,10-11,18,20,26H,4-5,9,12-17H2,1-3H3,(H,27,28);5H2,1H3/b23-6+;. The van der Waals surface area contributed by atoms with Gasteiger partial charge in [0.05, 0.1) is 10.3 Å². The highest BCUT2D eigenvalue weighted by molar-refractivity contribution is 9.12. The molecule has 0 radical (unpaired) electrons. The second-order valence-electron chi connectivity index (χ2n) is 8.88. The molecular weight excluding hydrogens is 503 g/mol. The topological polar surface area (TPSA) is 36.4 Å². The lowest BCUT2D eigenvalue weighted by molar-refractivity contribution is 0.128. The second kappa shape index (κ2) is 15.6. The van der Waals surface area contributed by atoms with Crippen LogP contribution in [0.4, 0.5) is 8.78 Å². The summed E-state index contributed by atoms with van der Waals surface area (Å²) >= 11 is 3.63. The average molecular weight is 545 g/mol. The van der Waals surface area contributed by atoms with Crippen LogP contribution in [0.5, 0.6) is 0 Å². The zero-order chi connectivity index (χ0) is 24.9. The largest absolute Gasteiger partial charge is 0.368 e. The molecule has 7 heteroatoms. The maximum atomic E-state index is 11.0. The van der Waals surface area contributed by atoms with Crippen molar-refractivity contribution in [1.29, 1.82) is 0 Å². The second-order valence-corrected chi connectivity index (χ2v) is 10.8. The Balaban J connectivity index is 0.000000981. The summed E-state index contributed by atoms with van der Waals surface area (Å²) in [5.74, 6) is 3.22. The van der Waals surface area contributed by atoms with Crippen LogP contribution < -0.4 is 10.6 Å². The average Bonchev–Trinajstić information content (AvgIpc) is 2.75. The summed E-state index contributed by atoms with van der Waals surface area (Å²) in [5.41, 5.74) is 0.146. The molecule has 0 spiro atoms. The molecule has 0 heterocycles. The molecule has 0 bridgehead atoms. The van der Waals surface area contributed by atoms with Gasteiger partial charge in [0.2, 0.25) is 0 Å². The van der Waals surface area contributed by atoms with Crippen LogP contribution >= 0.6 is 25.2 Å². The number of nitrogens with one attached hydrogen (secondary N) is 2. The minimum absolute atomic E-state index is 0.701. The fraction of sp³-hybridized carbons (Fsp3) is 0.577. The number of rotatable bonds is 9. The van der Waals surface area contributed by atoms with E-state index in [1.54, 1.807) is 0 Å². The molecule has 1 fully saturated rings. The van der Waals surface area contributed by atoms with E-state index in [1.807, 2.05) is 13.0 Å². The number of hydrogen-bond donors (Lipinski definition) is 2. The molecule has 0 saturated heterocycles. The van der Waals surface area contributed by atoms with Crippen molar-refractivity contribution in [2.75, 3.05) is 6.54 Å². The van der Waals surface area contributed by atoms with E-state index in [4.69, 9.17) is 4.99 Å². The van der Waals surface area contributed by atoms with Gasteiger partial charge < -0.3 is 10.6 Å². The molecule has 186 valence electrons. The Hall–Kier alpha value is -1.26. The first-order valence-electron chi connectivity index (χ1n) is 11.8. The van der Waals surface area contributed by atoms with Crippen LogP contribution in [0.15, 0.2) is 52.2 Å². The van der Waals surface area contributed by atoms with E-state index in [0.29, 0.717) is 5.92 Å². The molecule has 1 aromatic carbocycles. The number of benzene rings is 1. The van der Waals surface area contributed by atoms with Crippen LogP contribution in [0.1, 0.15) is 70.9 Å². The van der Waals surface area contributed by atoms with E-state index < -0.39 is 5.66 Å². The van der Waals surface area contributed by atoms with Gasteiger partial charge >= 0.3 is 0 Å². The van der Waals surface area contributed by atoms with Gasteiger partial charge in [-0.05, 0) is 65.1 Å². The first kappa shape index (κ1) is 29.8. The van der Waals surface area contributed by atoms with Crippen LogP contribution in [0, 0.1) is 11.8 Å². The highest BCUT2D eigenvalue weighted by atomic mass is 79.9. The van der Waals surface area contributed by atoms with E-state index in [2.05, 4.69) is 71.3 Å². The van der Waals surface area contributed by atoms with Crippen molar-refractivity contribution in [3.63, 3.8) is 0 Å². The molecule has 1 aliphatic rings. The van der Waals surface area contributed by atoms with Gasteiger partial charge in [-0.1, -0.05) is 79.3 Å². The molecule has 1 unspecified atom stereocenters. The molecular formula is C26H41BrF2N3P. The third-order valence-electron chi connectivity index (χ3n) is 5.52. The predicted octanol–water partition coefficient (Wildman–Crippen LogP) is 7.79. The summed E-state index contributed by atoms with van der Waals surface area (Å²) in [4.78, 5) is 4.87. The van der Waals surface area contributed by atoms with Gasteiger partial charge in [-0.25, -0.2) is 8.78 Å². The molecule has 1 aromatic rings. The first-order chi connectivity index (χ1) is 15.5. The van der Waals surface area contributed by atoms with Crippen molar-refractivity contribution in [1.82, 2.24) is 10.6 Å². The van der Waals surface area contributed by atoms with Gasteiger partial charge in [-0.15, -0.1) is 0 Å². The van der Waals surface area contributed by atoms with Gasteiger partial charge in [0.15, 0.2) is 0 Å². The van der Waals surface area contributed by atoms with Gasteiger partial charge in [0, 0.05) is 20.0 Å². The number of alkyl halides is 2. The van der Waals surface area contributed by atoms with Crippen LogP contribution in [0.2, 0.25) is 0 Å². The van der Waals surface area contributed by atoms with E-state index >= 15 is 0 Å². The van der Waals surface area contributed by atoms with Crippen molar-refractivity contribution in [2.45, 2.75) is 78.4 Å². The maximum absolute atomic E-state index is 11.0. The minimum Gasteiger partial charge on any atom is -0.368 e. The van der Waals surface area contributed by atoms with Gasteiger partial charge in [-0.3, -0.25) is 4.99 Å². The van der Waals surface area contributed by atoms with Crippen LogP contribution in [-0.2, 0) is 13.0 Å². The number of aliphatic imine (C=N–C) groups is 1. The molecule has 0 aromatic heterocycles. The van der Waals surface area contributed by atoms with Crippen molar-refractivity contribution in [3.05, 3.63) is 58.4 Å². The van der Waals surface area contributed by atoms with Crippen molar-refractivity contribution in [2.24, 2.45) is 16.8 Å². The lowest BCUT2D eigenvalue weighted by atomic mass is 9.83. The SMILES string of the molecule is C=C(NCc1ccccc1CCC)NC(=NCC1CCC(C)CC1)/C(Br)=C\C.CC(F)(F)P. The highest BCUT2D eigenvalue weighted by Gasteiger charge is 2.18. The first-order valence-corrected chi connectivity index (χ1v) is 13.2. The molecule has 33 heavy (non-hydrogen) atoms. The summed E-state index contributed by atoms with van der Waals surface area (Å²) in [7, 11) is 1.38. The van der Waals surface area contributed by atoms with Crippen molar-refractivity contribution >= 4 is 31.0 Å². The van der Waals surface area contributed by atoms with Gasteiger partial charge in [0.25, 0.3) is 5.66 Å². The minimum atomic E-state index is -2.58. The molecule has 1 aliphatic carbocycles. The fourth-order valence-corrected chi connectivity index (χ4v) is 3.90. The fourth-order valence-electron chi connectivity index (χ4n) is 3.68. The van der Waals surface area contributed by atoms with Gasteiger partial charge in [0.1, 0.15) is 5.84 Å². The van der Waals surface area contributed by atoms with Crippen molar-refractivity contribution < 1.29 is 8.78 Å². The Morgan fingerprint density at radius 2 is 1.82 bits per heavy atom. The molecule has 1 saturated carbocycles. The van der Waals surface area contributed by atoms with E-state index in [1.165, 1.54) is 46.0 Å². The van der Waals surface area contributed by atoms with E-state index in [-0.39, 0.29) is 0 Å². The molecule has 2 N–H and O–H groups in total. The number of nitrogens with zero attached hydrogens (tertiary/aromatic N) is 1. The molecule has 1 atom stereocenters. The Labute approximate surface area is 210 Å². The third kappa shape index (κ3) is 13.9. The number of allylic oxidation sites excluding steroid dienone is 1. The zero-order valence-electron chi connectivity index (χ0n) is 20.6. The van der Waals surface area contributed by atoms with Crippen LogP contribution in [-0.4, -0.2) is 18.0 Å². The molecule has 0 amide bonds. The lowest BCUT2D eigenvalue weighted by Crippen LogP contribution is -2.31. The smallest absolute Gasteiger partial charge is 0.256 e. The van der Waals surface area contributed by atoms with E-state index in [0.717, 1.165) is 54.9 Å². The number of halogens is 3. The molecule has 0 aliphatic heterocycles. The van der Waals surface area contributed by atoms with Crippen molar-refractivity contribution in [3.8, 4) is 0 Å². The van der Waals surface area contributed by atoms with E-state index in [9.17, 15) is 8.78 Å². The summed E-state index contributed by atoms with van der Waals surface area (Å²) in [6.07, 6.45) is 9.53. The summed E-state index contributed by atoms with van der Waals surface area (Å²) in [6.45, 7) is 13.2. The Morgan fingerprint density at radius 3 is 2.36 bits per heavy atom. The quantitative estimate of drug-likeness (QED) is 0.189. The summed E-state index contributed by atoms with van der Waals surface area (Å²) in [5, 5.41) is 6.78. The summed E-state index contributed by atoms with van der Waals surface area (Å²) in [6, 6.07) is 8.61. The normalized spacial score (nSPS) is 19.4. The highest BCUT2D eigenvalue weighted by Crippen LogP contribution is 2.28. The zero-order valence-corrected chi connectivity index (χ0v) is 23.3. The van der Waals surface area contributed by atoms with Gasteiger partial charge in [-0.2, -0.15) is 0 Å². The number of amidine groups is 1. The van der Waals surface area contributed by atoms with Crippen LogP contribution in [0.25, 0.3) is 0 Å². The summed E-state index contributed by atoms with van der Waals surface area (Å²) < 4.78 is 22.9. The Morgan fingerprint density at radius 1 is 1.24 bits per heavy atom. The molecule has 2 rings (SSSR count). The number of aryl methyl sites for hydroxylation is 1. The number of hydrogen-bond acceptors (Lipinski definition) is 2. The molecule has 3 nitrogen and oxygen atoms in total. The monoisotopic (exact) mass is 543 g/mol. The predicted molar refractivity (Wildman–Crippen MR) is 146 cm³/mol. The Kier molecular flexibility index (Phi) is 14.1. The van der Waals surface area contributed by atoms with Crippen LogP contribution in [0.3, 0.4) is 0 Å².